The van der Waals surface area contributed by atoms with E-state index >= 15 is 0 Å². The van der Waals surface area contributed by atoms with Crippen LogP contribution in [0.1, 0.15) is 57.1 Å². The van der Waals surface area contributed by atoms with Crippen molar-refractivity contribution in [1.82, 2.24) is 5.32 Å². The van der Waals surface area contributed by atoms with Crippen molar-refractivity contribution in [3.8, 4) is 0 Å². The highest BCUT2D eigenvalue weighted by atomic mass is 35.5. The molecule has 1 aromatic carbocycles. The molecular weight excluding hydrogens is 282 g/mol. The Kier molecular flexibility index (Phi) is 7.01. The Morgan fingerprint density at radius 1 is 1.19 bits per heavy atom. The molecule has 0 heterocycles. The molecule has 1 aliphatic rings. The lowest BCUT2D eigenvalue weighted by Gasteiger charge is -2.32. The number of benzene rings is 1. The van der Waals surface area contributed by atoms with Crippen molar-refractivity contribution >= 4 is 11.6 Å². The molecule has 21 heavy (non-hydrogen) atoms. The van der Waals surface area contributed by atoms with Crippen LogP contribution in [0.15, 0.2) is 24.3 Å². The van der Waals surface area contributed by atoms with Crippen molar-refractivity contribution in [2.75, 3.05) is 13.2 Å². The van der Waals surface area contributed by atoms with Gasteiger partial charge in [-0.2, -0.15) is 0 Å². The summed E-state index contributed by atoms with van der Waals surface area (Å²) in [6, 6.07) is 8.59. The average molecular weight is 310 g/mol. The Bertz CT molecular complexity index is 406. The third-order valence-electron chi connectivity index (χ3n) is 4.78. The number of rotatable bonds is 7. The summed E-state index contributed by atoms with van der Waals surface area (Å²) in [7, 11) is 0. The normalized spacial score (nSPS) is 24.0. The van der Waals surface area contributed by atoms with Crippen molar-refractivity contribution in [2.24, 2.45) is 11.8 Å². The first-order valence-electron chi connectivity index (χ1n) is 8.34. The maximum atomic E-state index is 9.54. The van der Waals surface area contributed by atoms with Gasteiger partial charge < -0.3 is 10.4 Å². The van der Waals surface area contributed by atoms with Crippen LogP contribution in [0.3, 0.4) is 0 Å². The SMILES string of the molecule is CCCC(NCC1CCCCC1CO)c1ccc(Cl)cc1. The molecule has 0 saturated heterocycles. The standard InChI is InChI=1S/C18H28ClNO/c1-2-5-18(14-8-10-17(19)11-9-14)20-12-15-6-3-4-7-16(15)13-21/h8-11,15-16,18,20-21H,2-7,12-13H2,1H3. The van der Waals surface area contributed by atoms with Gasteiger partial charge in [0.1, 0.15) is 0 Å². The van der Waals surface area contributed by atoms with Crippen LogP contribution in [0.5, 0.6) is 0 Å². The largest absolute Gasteiger partial charge is 0.396 e. The monoisotopic (exact) mass is 309 g/mol. The lowest BCUT2D eigenvalue weighted by atomic mass is 9.79. The van der Waals surface area contributed by atoms with Gasteiger partial charge in [-0.15, -0.1) is 0 Å². The lowest BCUT2D eigenvalue weighted by molar-refractivity contribution is 0.130. The highest BCUT2D eigenvalue weighted by Crippen LogP contribution is 2.30. The van der Waals surface area contributed by atoms with E-state index in [1.165, 1.54) is 31.2 Å². The highest BCUT2D eigenvalue weighted by molar-refractivity contribution is 6.30. The first-order chi connectivity index (χ1) is 10.2. The summed E-state index contributed by atoms with van der Waals surface area (Å²) in [6.45, 7) is 3.58. The van der Waals surface area contributed by atoms with Crippen LogP contribution in [0.25, 0.3) is 0 Å². The molecule has 3 unspecified atom stereocenters. The molecule has 0 aromatic heterocycles. The Morgan fingerprint density at radius 3 is 2.48 bits per heavy atom. The third-order valence-corrected chi connectivity index (χ3v) is 5.03. The van der Waals surface area contributed by atoms with Crippen LogP contribution in [0.2, 0.25) is 5.02 Å². The molecule has 1 saturated carbocycles. The van der Waals surface area contributed by atoms with E-state index in [0.29, 0.717) is 24.5 Å². The second kappa shape index (κ2) is 8.77. The summed E-state index contributed by atoms with van der Waals surface area (Å²) in [6.07, 6.45) is 7.31. The topological polar surface area (TPSA) is 32.3 Å². The molecule has 0 aliphatic heterocycles. The van der Waals surface area contributed by atoms with E-state index in [0.717, 1.165) is 24.4 Å². The summed E-state index contributed by atoms with van der Waals surface area (Å²) < 4.78 is 0. The van der Waals surface area contributed by atoms with E-state index in [2.05, 4.69) is 24.4 Å². The summed E-state index contributed by atoms with van der Waals surface area (Å²) >= 11 is 5.98. The van der Waals surface area contributed by atoms with Gasteiger partial charge in [-0.3, -0.25) is 0 Å². The third kappa shape index (κ3) is 4.98. The van der Waals surface area contributed by atoms with Gasteiger partial charge in [0.05, 0.1) is 0 Å². The molecule has 3 heteroatoms. The Labute approximate surface area is 133 Å². The number of aliphatic hydroxyl groups excluding tert-OH is 1. The predicted octanol–water partition coefficient (Wildman–Crippen LogP) is 4.57. The maximum absolute atomic E-state index is 9.54. The van der Waals surface area contributed by atoms with E-state index in [9.17, 15) is 5.11 Å². The van der Waals surface area contributed by atoms with Crippen LogP contribution >= 0.6 is 11.6 Å². The van der Waals surface area contributed by atoms with Gasteiger partial charge in [0.15, 0.2) is 0 Å². The van der Waals surface area contributed by atoms with Crippen molar-refractivity contribution in [3.05, 3.63) is 34.9 Å². The lowest BCUT2D eigenvalue weighted by Crippen LogP contribution is -2.34. The Morgan fingerprint density at radius 2 is 1.86 bits per heavy atom. The molecule has 2 N–H and O–H groups in total. The Balaban J connectivity index is 1.94. The molecule has 1 fully saturated rings. The number of hydrogen-bond donors (Lipinski definition) is 2. The van der Waals surface area contributed by atoms with Crippen molar-refractivity contribution < 1.29 is 5.11 Å². The molecule has 2 nitrogen and oxygen atoms in total. The minimum absolute atomic E-state index is 0.339. The van der Waals surface area contributed by atoms with E-state index < -0.39 is 0 Å². The number of aliphatic hydroxyl groups is 1. The summed E-state index contributed by atoms with van der Waals surface area (Å²) in [5, 5.41) is 14.1. The van der Waals surface area contributed by atoms with Gasteiger partial charge in [-0.1, -0.05) is 49.9 Å². The first kappa shape index (κ1) is 16.8. The molecule has 0 radical (unpaired) electrons. The molecule has 0 bridgehead atoms. The van der Waals surface area contributed by atoms with Crippen molar-refractivity contribution in [3.63, 3.8) is 0 Å². The zero-order valence-corrected chi connectivity index (χ0v) is 13.8. The van der Waals surface area contributed by atoms with Crippen LogP contribution in [0, 0.1) is 11.8 Å². The predicted molar refractivity (Wildman–Crippen MR) is 89.6 cm³/mol. The molecule has 0 amide bonds. The van der Waals surface area contributed by atoms with Gasteiger partial charge in [0, 0.05) is 17.7 Å². The number of nitrogens with one attached hydrogen (secondary N) is 1. The average Bonchev–Trinajstić information content (AvgIpc) is 2.52. The van der Waals surface area contributed by atoms with Crippen molar-refractivity contribution in [1.29, 1.82) is 0 Å². The second-order valence-corrected chi connectivity index (χ2v) is 6.72. The van der Waals surface area contributed by atoms with Gasteiger partial charge in [0.25, 0.3) is 0 Å². The van der Waals surface area contributed by atoms with Gasteiger partial charge >= 0.3 is 0 Å². The molecule has 3 atom stereocenters. The fourth-order valence-electron chi connectivity index (χ4n) is 3.46. The molecular formula is C18H28ClNO. The molecule has 1 aliphatic carbocycles. The number of halogens is 1. The fraction of sp³-hybridized carbons (Fsp3) is 0.667. The quantitative estimate of drug-likeness (QED) is 0.773. The fourth-order valence-corrected chi connectivity index (χ4v) is 3.58. The molecule has 2 rings (SSSR count). The smallest absolute Gasteiger partial charge is 0.0462 e. The van der Waals surface area contributed by atoms with Crippen LogP contribution in [-0.2, 0) is 0 Å². The highest BCUT2D eigenvalue weighted by Gasteiger charge is 2.25. The summed E-state index contributed by atoms with van der Waals surface area (Å²) in [4.78, 5) is 0. The minimum atomic E-state index is 0.339. The number of hydrogen-bond acceptors (Lipinski definition) is 2. The maximum Gasteiger partial charge on any atom is 0.0462 e. The summed E-state index contributed by atoms with van der Waals surface area (Å²) in [5.41, 5.74) is 1.32. The molecule has 118 valence electrons. The van der Waals surface area contributed by atoms with Crippen LogP contribution in [-0.4, -0.2) is 18.3 Å². The van der Waals surface area contributed by atoms with Crippen LogP contribution in [0.4, 0.5) is 0 Å². The first-order valence-corrected chi connectivity index (χ1v) is 8.72. The second-order valence-electron chi connectivity index (χ2n) is 6.29. The zero-order valence-electron chi connectivity index (χ0n) is 13.0. The van der Waals surface area contributed by atoms with Gasteiger partial charge in [-0.05, 0) is 55.3 Å². The van der Waals surface area contributed by atoms with Crippen LogP contribution < -0.4 is 5.32 Å². The molecule has 1 aromatic rings. The van der Waals surface area contributed by atoms with E-state index in [-0.39, 0.29) is 0 Å². The van der Waals surface area contributed by atoms with Gasteiger partial charge in [0.2, 0.25) is 0 Å². The van der Waals surface area contributed by atoms with E-state index in [1.54, 1.807) is 0 Å². The Hall–Kier alpha value is -0.570. The van der Waals surface area contributed by atoms with E-state index in [4.69, 9.17) is 11.6 Å². The summed E-state index contributed by atoms with van der Waals surface area (Å²) in [5.74, 6) is 1.11. The molecule has 0 spiro atoms. The minimum Gasteiger partial charge on any atom is -0.396 e. The zero-order chi connectivity index (χ0) is 15.1. The van der Waals surface area contributed by atoms with Gasteiger partial charge in [-0.25, -0.2) is 0 Å². The van der Waals surface area contributed by atoms with E-state index in [1.807, 2.05) is 12.1 Å². The van der Waals surface area contributed by atoms with Crippen molar-refractivity contribution in [2.45, 2.75) is 51.5 Å².